The zero-order valence-electron chi connectivity index (χ0n) is 21.7. The maximum atomic E-state index is 14.0. The van der Waals surface area contributed by atoms with Crippen molar-refractivity contribution in [1.29, 1.82) is 0 Å². The van der Waals surface area contributed by atoms with Gasteiger partial charge >= 0.3 is 24.5 Å². The number of alkyl halides is 6. The molecule has 0 fully saturated rings. The van der Waals surface area contributed by atoms with E-state index in [1.54, 1.807) is 12.1 Å². The third kappa shape index (κ3) is 8.93. The van der Waals surface area contributed by atoms with E-state index >= 15 is 0 Å². The van der Waals surface area contributed by atoms with E-state index in [0.717, 1.165) is 44.8 Å². The number of carbonyl (C=O) groups excluding carboxylic acids is 1. The summed E-state index contributed by atoms with van der Waals surface area (Å²) in [5.41, 5.74) is 2.94. The van der Waals surface area contributed by atoms with Gasteiger partial charge < -0.3 is 9.47 Å². The van der Waals surface area contributed by atoms with Crippen molar-refractivity contribution in [1.82, 2.24) is 4.98 Å². The van der Waals surface area contributed by atoms with Crippen LogP contribution in [0.4, 0.5) is 26.3 Å². The van der Waals surface area contributed by atoms with Gasteiger partial charge in [0.15, 0.2) is 0 Å². The van der Waals surface area contributed by atoms with Crippen LogP contribution in [-0.4, -0.2) is 42.7 Å². The van der Waals surface area contributed by atoms with Gasteiger partial charge in [-0.1, -0.05) is 20.4 Å². The first-order valence-corrected chi connectivity index (χ1v) is 13.1. The Morgan fingerprint density at radius 2 is 1.62 bits per heavy atom. The SMILES string of the molecule is C=CC(=O)OCCC(F)(F)OC(F)(F)OC(F)(F)CCOc1ccc2cc(-c3ccc(CC)nc3CC)sc2c1. The average Bonchev–Trinajstić information content (AvgIpc) is 3.29. The standard InChI is InChI=1S/C27H27F6NO5S/c1-4-18-8-10-20(21(5-2)34-18)23-15-17-7-9-19(16-22(17)40-23)36-13-11-25(28,29)38-27(32,33)39-26(30,31)12-14-37-24(35)6-3/h6-10,15-16H,3-5,11-14H2,1-2H3. The molecule has 0 radical (unpaired) electrons. The molecule has 0 aliphatic rings. The van der Waals surface area contributed by atoms with Crippen LogP contribution >= 0.6 is 11.3 Å². The van der Waals surface area contributed by atoms with E-state index in [-0.39, 0.29) is 5.75 Å². The minimum absolute atomic E-state index is 0.204. The molecular formula is C27H27F6NO5S. The number of hydrogen-bond donors (Lipinski definition) is 0. The Morgan fingerprint density at radius 3 is 2.25 bits per heavy atom. The lowest BCUT2D eigenvalue weighted by atomic mass is 10.1. The van der Waals surface area contributed by atoms with Crippen LogP contribution in [-0.2, 0) is 31.8 Å². The number of aryl methyl sites for hydroxylation is 2. The first-order chi connectivity index (χ1) is 18.8. The summed E-state index contributed by atoms with van der Waals surface area (Å²) >= 11 is 1.46. The molecule has 3 rings (SSSR count). The molecule has 0 saturated carbocycles. The van der Waals surface area contributed by atoms with Crippen LogP contribution in [0.1, 0.15) is 38.1 Å². The van der Waals surface area contributed by atoms with Gasteiger partial charge in [-0.15, -0.1) is 20.1 Å². The van der Waals surface area contributed by atoms with E-state index in [9.17, 15) is 31.1 Å². The second-order valence-corrected chi connectivity index (χ2v) is 9.56. The van der Waals surface area contributed by atoms with Crippen molar-refractivity contribution in [2.45, 2.75) is 58.0 Å². The number of esters is 1. The van der Waals surface area contributed by atoms with Crippen molar-refractivity contribution in [3.63, 3.8) is 0 Å². The van der Waals surface area contributed by atoms with Crippen LogP contribution in [0.3, 0.4) is 0 Å². The molecular weight excluding hydrogens is 564 g/mol. The zero-order valence-corrected chi connectivity index (χ0v) is 22.5. The van der Waals surface area contributed by atoms with Gasteiger partial charge in [0.1, 0.15) is 5.75 Å². The van der Waals surface area contributed by atoms with Gasteiger partial charge in [-0.3, -0.25) is 4.98 Å². The molecule has 0 N–H and O–H groups in total. The molecule has 13 heteroatoms. The molecule has 0 unspecified atom stereocenters. The molecule has 6 nitrogen and oxygen atoms in total. The number of rotatable bonds is 15. The summed E-state index contributed by atoms with van der Waals surface area (Å²) in [7, 11) is 0. The fourth-order valence-electron chi connectivity index (χ4n) is 3.56. The highest BCUT2D eigenvalue weighted by molar-refractivity contribution is 7.22. The lowest BCUT2D eigenvalue weighted by molar-refractivity contribution is -0.514. The first-order valence-electron chi connectivity index (χ1n) is 12.2. The van der Waals surface area contributed by atoms with Gasteiger partial charge in [-0.05, 0) is 54.6 Å². The number of hydrogen-bond acceptors (Lipinski definition) is 7. The zero-order chi connectivity index (χ0) is 29.6. The largest absolute Gasteiger partial charge is 0.494 e. The molecule has 0 atom stereocenters. The van der Waals surface area contributed by atoms with Gasteiger partial charge in [0, 0.05) is 32.6 Å². The number of nitrogens with zero attached hydrogens (tertiary/aromatic N) is 1. The van der Waals surface area contributed by atoms with Crippen molar-refractivity contribution in [3.05, 3.63) is 60.4 Å². The van der Waals surface area contributed by atoms with Crippen LogP contribution in [0.2, 0.25) is 0 Å². The van der Waals surface area contributed by atoms with E-state index in [1.165, 1.54) is 17.4 Å². The molecule has 40 heavy (non-hydrogen) atoms. The maximum Gasteiger partial charge on any atom is 0.494 e. The number of aromatic nitrogens is 1. The summed E-state index contributed by atoms with van der Waals surface area (Å²) in [6.07, 6.45) is -15.2. The average molecular weight is 592 g/mol. The Morgan fingerprint density at radius 1 is 0.950 bits per heavy atom. The van der Waals surface area contributed by atoms with Crippen molar-refractivity contribution in [2.24, 2.45) is 0 Å². The van der Waals surface area contributed by atoms with Crippen molar-refractivity contribution < 1.29 is 50.1 Å². The molecule has 0 aliphatic heterocycles. The summed E-state index contributed by atoms with van der Waals surface area (Å²) in [5, 5.41) is 0.889. The van der Waals surface area contributed by atoms with Gasteiger partial charge in [0.05, 0.1) is 26.1 Å². The van der Waals surface area contributed by atoms with E-state index in [4.69, 9.17) is 4.74 Å². The Bertz CT molecular complexity index is 1330. The molecule has 0 aliphatic carbocycles. The normalized spacial score (nSPS) is 12.5. The fourth-order valence-corrected chi connectivity index (χ4v) is 4.70. The molecule has 0 spiro atoms. The fraction of sp³-hybridized carbons (Fsp3) is 0.407. The van der Waals surface area contributed by atoms with Crippen LogP contribution in [0.15, 0.2) is 49.1 Å². The topological polar surface area (TPSA) is 66.9 Å². The van der Waals surface area contributed by atoms with Crippen LogP contribution in [0.5, 0.6) is 5.75 Å². The van der Waals surface area contributed by atoms with Crippen LogP contribution in [0.25, 0.3) is 20.5 Å². The number of thiophene rings is 1. The number of halogens is 6. The Kier molecular flexibility index (Phi) is 10.2. The lowest BCUT2D eigenvalue weighted by Crippen LogP contribution is -2.41. The summed E-state index contributed by atoms with van der Waals surface area (Å²) < 4.78 is 99.1. The highest BCUT2D eigenvalue weighted by Gasteiger charge is 2.52. The molecule has 0 bridgehead atoms. The highest BCUT2D eigenvalue weighted by Crippen LogP contribution is 2.38. The highest BCUT2D eigenvalue weighted by atomic mass is 32.1. The summed E-state index contributed by atoms with van der Waals surface area (Å²) in [6, 6.07) is 10.9. The Balaban J connectivity index is 1.58. The number of carbonyl (C=O) groups is 1. The minimum atomic E-state index is -5.34. The number of fused-ring (bicyclic) bond motifs is 1. The van der Waals surface area contributed by atoms with Crippen LogP contribution < -0.4 is 4.74 Å². The Labute approximate surface area is 230 Å². The van der Waals surface area contributed by atoms with Crippen molar-refractivity contribution >= 4 is 27.4 Å². The van der Waals surface area contributed by atoms with E-state index in [0.29, 0.717) is 6.08 Å². The number of ether oxygens (including phenoxy) is 4. The van der Waals surface area contributed by atoms with Gasteiger partial charge in [0.25, 0.3) is 0 Å². The van der Waals surface area contributed by atoms with Crippen molar-refractivity contribution in [2.75, 3.05) is 13.2 Å². The van der Waals surface area contributed by atoms with E-state index < -0.39 is 50.5 Å². The quantitative estimate of drug-likeness (QED) is 0.0780. The third-order valence-corrected chi connectivity index (χ3v) is 6.62. The minimum Gasteiger partial charge on any atom is -0.493 e. The van der Waals surface area contributed by atoms with E-state index in [2.05, 4.69) is 25.8 Å². The smallest absolute Gasteiger partial charge is 0.493 e. The third-order valence-electron chi connectivity index (χ3n) is 5.49. The van der Waals surface area contributed by atoms with Crippen LogP contribution in [0, 0.1) is 0 Å². The summed E-state index contributed by atoms with van der Waals surface area (Å²) in [4.78, 5) is 16.5. The van der Waals surface area contributed by atoms with E-state index in [1.807, 2.05) is 32.0 Å². The number of benzene rings is 1. The first kappa shape index (κ1) is 31.4. The van der Waals surface area contributed by atoms with Gasteiger partial charge in [-0.25, -0.2) is 14.3 Å². The molecule has 0 amide bonds. The van der Waals surface area contributed by atoms with Gasteiger partial charge in [0.2, 0.25) is 0 Å². The molecule has 218 valence electrons. The predicted molar refractivity (Wildman–Crippen MR) is 137 cm³/mol. The molecule has 2 aromatic heterocycles. The Hall–Kier alpha value is -3.16. The van der Waals surface area contributed by atoms with Crippen molar-refractivity contribution in [3.8, 4) is 16.2 Å². The molecule has 3 aromatic rings. The maximum absolute atomic E-state index is 14.0. The molecule has 0 saturated heterocycles. The number of pyridine rings is 1. The molecule has 1 aromatic carbocycles. The lowest BCUT2D eigenvalue weighted by Gasteiger charge is -2.26. The summed E-state index contributed by atoms with van der Waals surface area (Å²) in [5.74, 6) is -0.871. The van der Waals surface area contributed by atoms with Gasteiger partial charge in [-0.2, -0.15) is 17.6 Å². The predicted octanol–water partition coefficient (Wildman–Crippen LogP) is 7.75. The second kappa shape index (κ2) is 13.0. The monoisotopic (exact) mass is 591 g/mol. The molecule has 2 heterocycles. The second-order valence-electron chi connectivity index (χ2n) is 8.48. The summed E-state index contributed by atoms with van der Waals surface area (Å²) in [6.45, 7) is 5.29.